The second kappa shape index (κ2) is 6.59. The van der Waals surface area contributed by atoms with Crippen LogP contribution < -0.4 is 10.6 Å². The molecule has 2 amide bonds. The summed E-state index contributed by atoms with van der Waals surface area (Å²) >= 11 is 0. The topological polar surface area (TPSA) is 74.2 Å². The van der Waals surface area contributed by atoms with Crippen molar-refractivity contribution >= 4 is 6.03 Å². The highest BCUT2D eigenvalue weighted by Crippen LogP contribution is 2.43. The smallest absolute Gasteiger partial charge is 0.315 e. The summed E-state index contributed by atoms with van der Waals surface area (Å²) in [5.41, 5.74) is 1.44. The Balaban J connectivity index is 1.47. The maximum atomic E-state index is 12.2. The SMILES string of the molecule is CC1(NC(=O)NCCc2cccc(C#N)c2)CCOC1C1CC1. The summed E-state index contributed by atoms with van der Waals surface area (Å²) in [6, 6.07) is 9.46. The first-order chi connectivity index (χ1) is 11.1. The van der Waals surface area contributed by atoms with Gasteiger partial charge in [-0.05, 0) is 56.2 Å². The third-order valence-corrected chi connectivity index (χ3v) is 4.75. The Morgan fingerprint density at radius 1 is 1.48 bits per heavy atom. The number of benzene rings is 1. The van der Waals surface area contributed by atoms with Crippen LogP contribution in [-0.2, 0) is 11.2 Å². The van der Waals surface area contributed by atoms with E-state index in [2.05, 4.69) is 23.6 Å². The number of urea groups is 1. The zero-order valence-corrected chi connectivity index (χ0v) is 13.5. The fourth-order valence-electron chi connectivity index (χ4n) is 3.33. The van der Waals surface area contributed by atoms with Crippen molar-refractivity contribution in [3.05, 3.63) is 35.4 Å². The first-order valence-electron chi connectivity index (χ1n) is 8.27. The van der Waals surface area contributed by atoms with Crippen LogP contribution in [0.25, 0.3) is 0 Å². The van der Waals surface area contributed by atoms with Gasteiger partial charge in [-0.15, -0.1) is 0 Å². The third kappa shape index (κ3) is 3.83. The molecule has 1 aromatic carbocycles. The summed E-state index contributed by atoms with van der Waals surface area (Å²) in [6.07, 6.45) is 4.14. The predicted molar refractivity (Wildman–Crippen MR) is 86.9 cm³/mol. The van der Waals surface area contributed by atoms with Crippen LogP contribution in [0.1, 0.15) is 37.3 Å². The van der Waals surface area contributed by atoms with Crippen LogP contribution in [0, 0.1) is 17.2 Å². The van der Waals surface area contributed by atoms with Gasteiger partial charge in [0.1, 0.15) is 0 Å². The minimum atomic E-state index is -0.258. The van der Waals surface area contributed by atoms with Crippen LogP contribution in [0.2, 0.25) is 0 Å². The van der Waals surface area contributed by atoms with Crippen molar-refractivity contribution in [3.8, 4) is 6.07 Å². The molecule has 1 saturated carbocycles. The zero-order chi connectivity index (χ0) is 16.3. The monoisotopic (exact) mass is 313 g/mol. The number of nitrogens with one attached hydrogen (secondary N) is 2. The number of carbonyl (C=O) groups is 1. The molecule has 0 aromatic heterocycles. The van der Waals surface area contributed by atoms with E-state index in [1.54, 1.807) is 6.07 Å². The van der Waals surface area contributed by atoms with Crippen molar-refractivity contribution in [1.82, 2.24) is 10.6 Å². The molecule has 1 saturated heterocycles. The molecule has 1 aliphatic carbocycles. The van der Waals surface area contributed by atoms with Gasteiger partial charge < -0.3 is 15.4 Å². The van der Waals surface area contributed by atoms with E-state index in [1.807, 2.05) is 18.2 Å². The lowest BCUT2D eigenvalue weighted by Crippen LogP contribution is -2.55. The zero-order valence-electron chi connectivity index (χ0n) is 13.5. The van der Waals surface area contributed by atoms with Crippen molar-refractivity contribution < 1.29 is 9.53 Å². The number of ether oxygens (including phenoxy) is 1. The highest BCUT2D eigenvalue weighted by molar-refractivity contribution is 5.75. The summed E-state index contributed by atoms with van der Waals surface area (Å²) in [6.45, 7) is 3.35. The predicted octanol–water partition coefficient (Wildman–Crippen LogP) is 2.36. The molecular formula is C18H23N3O2. The van der Waals surface area contributed by atoms with Gasteiger partial charge in [-0.3, -0.25) is 0 Å². The lowest BCUT2D eigenvalue weighted by molar-refractivity contribution is 0.0591. The number of nitriles is 1. The number of hydrogen-bond donors (Lipinski definition) is 2. The van der Waals surface area contributed by atoms with Gasteiger partial charge in [0, 0.05) is 13.2 Å². The largest absolute Gasteiger partial charge is 0.375 e. The van der Waals surface area contributed by atoms with Gasteiger partial charge in [-0.25, -0.2) is 4.79 Å². The Morgan fingerprint density at radius 2 is 2.30 bits per heavy atom. The molecule has 5 nitrogen and oxygen atoms in total. The number of nitrogens with zero attached hydrogens (tertiary/aromatic N) is 1. The maximum Gasteiger partial charge on any atom is 0.315 e. The Morgan fingerprint density at radius 3 is 3.04 bits per heavy atom. The van der Waals surface area contributed by atoms with Gasteiger partial charge in [0.15, 0.2) is 0 Å². The average molecular weight is 313 g/mol. The molecule has 0 bridgehead atoms. The Labute approximate surface area is 137 Å². The summed E-state index contributed by atoms with van der Waals surface area (Å²) in [4.78, 5) is 12.2. The van der Waals surface area contributed by atoms with Crippen LogP contribution >= 0.6 is 0 Å². The molecule has 1 aromatic rings. The fraction of sp³-hybridized carbons (Fsp3) is 0.556. The van der Waals surface area contributed by atoms with E-state index in [0.29, 0.717) is 24.4 Å². The number of amides is 2. The van der Waals surface area contributed by atoms with E-state index in [0.717, 1.165) is 18.6 Å². The van der Waals surface area contributed by atoms with Crippen molar-refractivity contribution in [2.75, 3.05) is 13.2 Å². The first-order valence-corrected chi connectivity index (χ1v) is 8.27. The van der Waals surface area contributed by atoms with E-state index < -0.39 is 0 Å². The lowest BCUT2D eigenvalue weighted by atomic mass is 9.90. The molecule has 3 rings (SSSR count). The number of hydrogen-bond acceptors (Lipinski definition) is 3. The number of rotatable bonds is 5. The van der Waals surface area contributed by atoms with Gasteiger partial charge in [0.05, 0.1) is 23.3 Å². The third-order valence-electron chi connectivity index (χ3n) is 4.75. The van der Waals surface area contributed by atoms with Gasteiger partial charge in [-0.2, -0.15) is 5.26 Å². The number of carbonyl (C=O) groups excluding carboxylic acids is 1. The van der Waals surface area contributed by atoms with E-state index in [-0.39, 0.29) is 17.7 Å². The molecular weight excluding hydrogens is 290 g/mol. The molecule has 122 valence electrons. The maximum absolute atomic E-state index is 12.2. The fourth-order valence-corrected chi connectivity index (χ4v) is 3.33. The first kappa shape index (κ1) is 15.8. The van der Waals surface area contributed by atoms with Crippen LogP contribution in [0.5, 0.6) is 0 Å². The molecule has 0 spiro atoms. The normalized spacial score (nSPS) is 26.5. The van der Waals surface area contributed by atoms with E-state index in [9.17, 15) is 4.79 Å². The molecule has 23 heavy (non-hydrogen) atoms. The van der Waals surface area contributed by atoms with Crippen LogP contribution in [0.3, 0.4) is 0 Å². The summed E-state index contributed by atoms with van der Waals surface area (Å²) in [5, 5.41) is 14.9. The van der Waals surface area contributed by atoms with Crippen LogP contribution in [-0.4, -0.2) is 30.8 Å². The molecule has 2 aliphatic rings. The lowest BCUT2D eigenvalue weighted by Gasteiger charge is -2.31. The van der Waals surface area contributed by atoms with Gasteiger partial charge >= 0.3 is 6.03 Å². The Kier molecular flexibility index (Phi) is 4.53. The Bertz CT molecular complexity index is 621. The molecule has 1 heterocycles. The summed E-state index contributed by atoms with van der Waals surface area (Å²) in [7, 11) is 0. The van der Waals surface area contributed by atoms with Gasteiger partial charge in [0.25, 0.3) is 0 Å². The molecule has 1 aliphatic heterocycles. The second-order valence-corrected chi connectivity index (χ2v) is 6.74. The molecule has 2 unspecified atom stereocenters. The van der Waals surface area contributed by atoms with Crippen molar-refractivity contribution in [1.29, 1.82) is 5.26 Å². The molecule has 2 fully saturated rings. The highest BCUT2D eigenvalue weighted by atomic mass is 16.5. The molecule has 2 atom stereocenters. The molecule has 5 heteroatoms. The van der Waals surface area contributed by atoms with Crippen molar-refractivity contribution in [2.45, 2.75) is 44.2 Å². The van der Waals surface area contributed by atoms with E-state index in [1.165, 1.54) is 12.8 Å². The highest BCUT2D eigenvalue weighted by Gasteiger charge is 2.48. The quantitative estimate of drug-likeness (QED) is 0.876. The van der Waals surface area contributed by atoms with Gasteiger partial charge in [0.2, 0.25) is 0 Å². The summed E-state index contributed by atoms with van der Waals surface area (Å²) in [5.74, 6) is 0.608. The van der Waals surface area contributed by atoms with Crippen LogP contribution in [0.15, 0.2) is 24.3 Å². The van der Waals surface area contributed by atoms with E-state index >= 15 is 0 Å². The summed E-state index contributed by atoms with van der Waals surface area (Å²) < 4.78 is 5.82. The minimum Gasteiger partial charge on any atom is -0.375 e. The van der Waals surface area contributed by atoms with Crippen molar-refractivity contribution in [3.63, 3.8) is 0 Å². The molecule has 0 radical (unpaired) electrons. The van der Waals surface area contributed by atoms with E-state index in [4.69, 9.17) is 10.00 Å². The minimum absolute atomic E-state index is 0.139. The van der Waals surface area contributed by atoms with Crippen molar-refractivity contribution in [2.24, 2.45) is 5.92 Å². The standard InChI is InChI=1S/C18H23N3O2/c1-18(8-10-23-16(18)15-5-6-15)21-17(22)20-9-7-13-3-2-4-14(11-13)12-19/h2-4,11,15-16H,5-10H2,1H3,(H2,20,21,22). The Hall–Kier alpha value is -2.06. The average Bonchev–Trinajstić information content (AvgIpc) is 3.30. The van der Waals surface area contributed by atoms with Gasteiger partial charge in [-0.1, -0.05) is 12.1 Å². The van der Waals surface area contributed by atoms with Crippen LogP contribution in [0.4, 0.5) is 4.79 Å². The second-order valence-electron chi connectivity index (χ2n) is 6.74. The molecule has 2 N–H and O–H groups in total.